The first-order valence-electron chi connectivity index (χ1n) is 23.2. The fourth-order valence-electron chi connectivity index (χ4n) is 7.20. The fraction of sp³-hybridized carbons (Fsp3) is 0.907. The number of ether oxygens (including phenoxy) is 2. The Kier molecular flexibility index (Phi) is 33.2. The maximum absolute atomic E-state index is 13.0. The molecule has 0 aromatic carbocycles. The Hall–Kier alpha value is -1.26. The number of phosphoric ester groups is 2. The summed E-state index contributed by atoms with van der Waals surface area (Å²) in [4.78, 5) is 54.2. The van der Waals surface area contributed by atoms with Crippen LogP contribution in [0.15, 0.2) is 12.2 Å². The summed E-state index contributed by atoms with van der Waals surface area (Å²) < 4.78 is 49.3. The highest BCUT2D eigenvalue weighted by Gasteiger charge is 2.54. The van der Waals surface area contributed by atoms with E-state index in [0.29, 0.717) is 12.8 Å². The molecule has 1 aliphatic rings. The van der Waals surface area contributed by atoms with E-state index in [1.165, 1.54) is 77.0 Å². The van der Waals surface area contributed by atoms with Crippen LogP contribution in [0.4, 0.5) is 0 Å². The summed E-state index contributed by atoms with van der Waals surface area (Å²) >= 11 is 0. The van der Waals surface area contributed by atoms with Crippen molar-refractivity contribution in [3.8, 4) is 0 Å². The van der Waals surface area contributed by atoms with E-state index < -0.39 is 83.5 Å². The highest BCUT2D eigenvalue weighted by molar-refractivity contribution is 7.47. The molecule has 5 unspecified atom stereocenters. The molecule has 0 saturated heterocycles. The van der Waals surface area contributed by atoms with Crippen LogP contribution in [-0.2, 0) is 41.8 Å². The van der Waals surface area contributed by atoms with Crippen molar-refractivity contribution in [2.24, 2.45) is 0 Å². The minimum atomic E-state index is -5.36. The Morgan fingerprint density at radius 2 is 0.902 bits per heavy atom. The van der Waals surface area contributed by atoms with Crippen LogP contribution in [0.5, 0.6) is 0 Å². The second kappa shape index (κ2) is 35.1. The molecule has 0 aromatic heterocycles. The number of aliphatic hydroxyl groups excluding tert-OH is 4. The first-order valence-corrected chi connectivity index (χ1v) is 26.3. The zero-order valence-electron chi connectivity index (χ0n) is 37.1. The molecule has 1 rings (SSSR count). The predicted molar refractivity (Wildman–Crippen MR) is 232 cm³/mol. The maximum Gasteiger partial charge on any atom is 0.472 e. The standard InChI is InChI=1S/C43H82O16P2/c1-3-5-7-9-11-13-15-17-18-20-21-23-25-27-29-31-36(44)55-33-35(57-37(45)32-30-28-26-24-22-19-16-14-12-10-8-6-4-2)34-56-61(53,54)59-43-40(48)38(46)39(47)42(41(43)49)58-60(50,51)52/h13,15,35,38-43,46-49H,3-12,14,16-34H2,1-2H3,(H,53,54)(H2,50,51,52)/t35-,38?,39?,40?,41?,42-,43+/m1/s1. The van der Waals surface area contributed by atoms with Gasteiger partial charge in [0.05, 0.1) is 6.61 Å². The quantitative estimate of drug-likeness (QED) is 0.0132. The van der Waals surface area contributed by atoms with Crippen LogP contribution in [0.2, 0.25) is 0 Å². The number of hydrogen-bond donors (Lipinski definition) is 7. The molecule has 1 saturated carbocycles. The van der Waals surface area contributed by atoms with Gasteiger partial charge in [-0.25, -0.2) is 9.13 Å². The van der Waals surface area contributed by atoms with Crippen LogP contribution in [0.1, 0.15) is 194 Å². The van der Waals surface area contributed by atoms with Crippen molar-refractivity contribution in [2.45, 2.75) is 236 Å². The van der Waals surface area contributed by atoms with Crippen molar-refractivity contribution >= 4 is 27.6 Å². The molecule has 0 spiro atoms. The summed E-state index contributed by atoms with van der Waals surface area (Å²) in [6.45, 7) is 3.09. The summed E-state index contributed by atoms with van der Waals surface area (Å²) in [6, 6.07) is 0. The number of allylic oxidation sites excluding steroid dienone is 2. The molecule has 1 aliphatic carbocycles. The number of phosphoric acid groups is 2. The van der Waals surface area contributed by atoms with E-state index in [1.807, 2.05) is 0 Å². The second-order valence-electron chi connectivity index (χ2n) is 16.5. The van der Waals surface area contributed by atoms with Gasteiger partial charge in [0.2, 0.25) is 0 Å². The maximum atomic E-state index is 13.0. The number of unbranched alkanes of at least 4 members (excludes halogenated alkanes) is 23. The molecule has 0 bridgehead atoms. The van der Waals surface area contributed by atoms with E-state index in [1.54, 1.807) is 0 Å². The van der Waals surface area contributed by atoms with Gasteiger partial charge in [0.25, 0.3) is 0 Å². The van der Waals surface area contributed by atoms with Gasteiger partial charge >= 0.3 is 27.6 Å². The van der Waals surface area contributed by atoms with E-state index in [9.17, 15) is 44.0 Å². The van der Waals surface area contributed by atoms with Gasteiger partial charge in [0.1, 0.15) is 43.2 Å². The van der Waals surface area contributed by atoms with E-state index in [0.717, 1.165) is 77.0 Å². The molecular formula is C43H82O16P2. The average Bonchev–Trinajstić information content (AvgIpc) is 3.21. The topological polar surface area (TPSA) is 256 Å². The zero-order chi connectivity index (χ0) is 45.4. The van der Waals surface area contributed by atoms with Crippen LogP contribution in [0.25, 0.3) is 0 Å². The normalized spacial score (nSPS) is 22.3. The monoisotopic (exact) mass is 917 g/mol. The Morgan fingerprint density at radius 3 is 1.36 bits per heavy atom. The Labute approximate surface area is 365 Å². The Balaban J connectivity index is 2.60. The van der Waals surface area contributed by atoms with Gasteiger partial charge in [-0.05, 0) is 38.5 Å². The highest BCUT2D eigenvalue weighted by Crippen LogP contribution is 2.49. The third-order valence-corrected chi connectivity index (χ3v) is 12.3. The molecule has 18 heteroatoms. The molecule has 0 aliphatic heterocycles. The zero-order valence-corrected chi connectivity index (χ0v) is 38.9. The van der Waals surface area contributed by atoms with Crippen LogP contribution in [-0.4, -0.2) is 103 Å². The number of hydrogen-bond acceptors (Lipinski definition) is 13. The van der Waals surface area contributed by atoms with Crippen LogP contribution in [0.3, 0.4) is 0 Å². The lowest BCUT2D eigenvalue weighted by Crippen LogP contribution is -2.64. The SMILES string of the molecule is CCCCCCC=CCCCCCCCCCC(=O)OC[C@H](COP(=O)(O)O[C@H]1C(O)C(O)C(O)[C@@H](OP(=O)(O)O)C1O)OC(=O)CCCCCCCCCCCCCCC. The van der Waals surface area contributed by atoms with Crippen molar-refractivity contribution < 1.29 is 76.9 Å². The number of carbonyl (C=O) groups is 2. The summed E-state index contributed by atoms with van der Waals surface area (Å²) in [5.41, 5.74) is 0. The Morgan fingerprint density at radius 1 is 0.508 bits per heavy atom. The molecule has 61 heavy (non-hydrogen) atoms. The van der Waals surface area contributed by atoms with Crippen molar-refractivity contribution in [1.82, 2.24) is 0 Å². The molecule has 1 fully saturated rings. The summed E-state index contributed by atoms with van der Waals surface area (Å²) in [6.07, 6.45) is 18.9. The van der Waals surface area contributed by atoms with E-state index in [2.05, 4.69) is 30.5 Å². The first-order chi connectivity index (χ1) is 29.1. The minimum absolute atomic E-state index is 0.0486. The van der Waals surface area contributed by atoms with Crippen LogP contribution < -0.4 is 0 Å². The van der Waals surface area contributed by atoms with Crippen LogP contribution in [0, 0.1) is 0 Å². The summed E-state index contributed by atoms with van der Waals surface area (Å²) in [5.74, 6) is -1.20. The van der Waals surface area contributed by atoms with Crippen molar-refractivity contribution in [2.75, 3.05) is 13.2 Å². The van der Waals surface area contributed by atoms with Gasteiger partial charge in [0.15, 0.2) is 6.10 Å². The van der Waals surface area contributed by atoms with Gasteiger partial charge in [-0.1, -0.05) is 154 Å². The average molecular weight is 917 g/mol. The number of aliphatic hydroxyl groups is 4. The lowest BCUT2D eigenvalue weighted by atomic mass is 9.85. The molecule has 8 atom stereocenters. The summed E-state index contributed by atoms with van der Waals surface area (Å²) in [7, 11) is -10.7. The van der Waals surface area contributed by atoms with Gasteiger partial charge in [0, 0.05) is 12.8 Å². The Bertz CT molecular complexity index is 1250. The highest BCUT2D eigenvalue weighted by atomic mass is 31.2. The van der Waals surface area contributed by atoms with Gasteiger partial charge in [-0.3, -0.25) is 23.2 Å². The molecule has 0 amide bonds. The van der Waals surface area contributed by atoms with Crippen molar-refractivity contribution in [3.05, 3.63) is 12.2 Å². The van der Waals surface area contributed by atoms with E-state index in [-0.39, 0.29) is 12.8 Å². The molecule has 16 nitrogen and oxygen atoms in total. The molecule has 0 heterocycles. The van der Waals surface area contributed by atoms with Crippen molar-refractivity contribution in [1.29, 1.82) is 0 Å². The largest absolute Gasteiger partial charge is 0.472 e. The second-order valence-corrected chi connectivity index (χ2v) is 19.1. The van der Waals surface area contributed by atoms with Gasteiger partial charge in [-0.15, -0.1) is 0 Å². The van der Waals surface area contributed by atoms with Crippen LogP contribution >= 0.6 is 15.6 Å². The third-order valence-electron chi connectivity index (χ3n) is 10.8. The fourth-order valence-corrected chi connectivity index (χ4v) is 8.74. The molecular weight excluding hydrogens is 834 g/mol. The molecule has 360 valence electrons. The lowest BCUT2D eigenvalue weighted by molar-refractivity contribution is -0.216. The minimum Gasteiger partial charge on any atom is -0.462 e. The molecule has 0 radical (unpaired) electrons. The number of carbonyl (C=O) groups excluding carboxylic acids is 2. The lowest BCUT2D eigenvalue weighted by Gasteiger charge is -2.43. The van der Waals surface area contributed by atoms with Gasteiger partial charge < -0.3 is 44.6 Å². The van der Waals surface area contributed by atoms with Crippen molar-refractivity contribution in [3.63, 3.8) is 0 Å². The van der Waals surface area contributed by atoms with E-state index in [4.69, 9.17) is 28.3 Å². The number of rotatable bonds is 39. The summed E-state index contributed by atoms with van der Waals surface area (Å²) in [5, 5.41) is 41.2. The third kappa shape index (κ3) is 29.7. The predicted octanol–water partition coefficient (Wildman–Crippen LogP) is 8.40. The van der Waals surface area contributed by atoms with E-state index >= 15 is 0 Å². The molecule has 0 aromatic rings. The first kappa shape index (κ1) is 57.8. The van der Waals surface area contributed by atoms with Gasteiger partial charge in [-0.2, -0.15) is 0 Å². The number of esters is 2. The molecule has 7 N–H and O–H groups in total. The smallest absolute Gasteiger partial charge is 0.462 e.